The van der Waals surface area contributed by atoms with Crippen LogP contribution in [-0.2, 0) is 11.2 Å². The molecular formula is C24H30N2O5. The first-order valence-electron chi connectivity index (χ1n) is 10.6. The molecule has 0 spiro atoms. The number of aryl methyl sites for hydroxylation is 1. The number of benzene rings is 1. The summed E-state index contributed by atoms with van der Waals surface area (Å²) >= 11 is 0. The van der Waals surface area contributed by atoms with Gasteiger partial charge in [-0.15, -0.1) is 0 Å². The highest BCUT2D eigenvalue weighted by Gasteiger charge is 2.42. The molecule has 1 aromatic heterocycles. The number of nitrogens with zero attached hydrogens (tertiary/aromatic N) is 1. The van der Waals surface area contributed by atoms with Crippen molar-refractivity contribution in [2.24, 2.45) is 5.92 Å². The van der Waals surface area contributed by atoms with Gasteiger partial charge in [0.15, 0.2) is 5.75 Å². The highest BCUT2D eigenvalue weighted by Crippen LogP contribution is 2.33. The minimum Gasteiger partial charge on any atom is -0.488 e. The van der Waals surface area contributed by atoms with Gasteiger partial charge < -0.3 is 19.9 Å². The van der Waals surface area contributed by atoms with Gasteiger partial charge in [0.1, 0.15) is 5.54 Å². The summed E-state index contributed by atoms with van der Waals surface area (Å²) in [4.78, 5) is 29.0. The summed E-state index contributed by atoms with van der Waals surface area (Å²) in [5.74, 6) is -0.385. The molecular weight excluding hydrogens is 396 g/mol. The summed E-state index contributed by atoms with van der Waals surface area (Å²) in [6.07, 6.45) is 4.43. The van der Waals surface area contributed by atoms with Crippen molar-refractivity contribution in [3.63, 3.8) is 0 Å². The van der Waals surface area contributed by atoms with Crippen molar-refractivity contribution in [2.75, 3.05) is 13.7 Å². The van der Waals surface area contributed by atoms with Crippen LogP contribution < -0.4 is 14.8 Å². The zero-order valence-corrected chi connectivity index (χ0v) is 18.3. The standard InChI is InChI=1S/C24H30N2O5/c1-16-7-10-24(11-8-16,23(28)29)26-21(27)19-14-20(22(30-3)25-15-19)31-12-9-18-6-4-5-17(2)13-18/h4-6,13-16H,7-12H2,1-3H3,(H,26,27)(H,28,29). The molecule has 2 aromatic rings. The van der Waals surface area contributed by atoms with Gasteiger partial charge in [-0.1, -0.05) is 36.8 Å². The molecule has 0 atom stereocenters. The van der Waals surface area contributed by atoms with Gasteiger partial charge in [0.25, 0.3) is 11.8 Å². The Morgan fingerprint density at radius 1 is 1.26 bits per heavy atom. The molecule has 1 heterocycles. The predicted molar refractivity (Wildman–Crippen MR) is 117 cm³/mol. The second-order valence-corrected chi connectivity index (χ2v) is 8.34. The molecule has 1 amide bonds. The third kappa shape index (κ3) is 5.54. The van der Waals surface area contributed by atoms with Gasteiger partial charge in [0.2, 0.25) is 0 Å². The lowest BCUT2D eigenvalue weighted by Gasteiger charge is -2.36. The number of hydrogen-bond donors (Lipinski definition) is 2. The molecule has 1 aliphatic rings. The van der Waals surface area contributed by atoms with Crippen molar-refractivity contribution in [2.45, 2.75) is 51.5 Å². The first-order chi connectivity index (χ1) is 14.8. The number of carboxylic acid groups (broad SMARTS) is 1. The number of carbonyl (C=O) groups is 2. The van der Waals surface area contributed by atoms with Crippen molar-refractivity contribution < 1.29 is 24.2 Å². The van der Waals surface area contributed by atoms with Crippen LogP contribution in [0.2, 0.25) is 0 Å². The summed E-state index contributed by atoms with van der Waals surface area (Å²) in [7, 11) is 1.48. The summed E-state index contributed by atoms with van der Waals surface area (Å²) < 4.78 is 11.1. The molecule has 0 unspecified atom stereocenters. The molecule has 7 nitrogen and oxygen atoms in total. The minimum absolute atomic E-state index is 0.241. The number of carbonyl (C=O) groups excluding carboxylic acids is 1. The van der Waals surface area contributed by atoms with Crippen LogP contribution in [-0.4, -0.2) is 41.2 Å². The quantitative estimate of drug-likeness (QED) is 0.667. The van der Waals surface area contributed by atoms with E-state index in [1.54, 1.807) is 6.07 Å². The van der Waals surface area contributed by atoms with Crippen LogP contribution in [0, 0.1) is 12.8 Å². The number of nitrogens with one attached hydrogen (secondary N) is 1. The van der Waals surface area contributed by atoms with Gasteiger partial charge in [-0.3, -0.25) is 4.79 Å². The predicted octanol–water partition coefficient (Wildman–Crippen LogP) is 3.78. The van der Waals surface area contributed by atoms with E-state index in [9.17, 15) is 14.7 Å². The Balaban J connectivity index is 1.71. The Morgan fingerprint density at radius 2 is 2.00 bits per heavy atom. The Labute approximate surface area is 182 Å². The van der Waals surface area contributed by atoms with Crippen LogP contribution in [0.15, 0.2) is 36.5 Å². The number of amides is 1. The van der Waals surface area contributed by atoms with Gasteiger partial charge in [-0.25, -0.2) is 9.78 Å². The molecule has 31 heavy (non-hydrogen) atoms. The van der Waals surface area contributed by atoms with E-state index in [0.29, 0.717) is 37.5 Å². The van der Waals surface area contributed by atoms with Crippen molar-refractivity contribution in [3.05, 3.63) is 53.2 Å². The molecule has 0 aliphatic heterocycles. The van der Waals surface area contributed by atoms with E-state index in [-0.39, 0.29) is 11.4 Å². The first-order valence-corrected chi connectivity index (χ1v) is 10.6. The molecule has 1 saturated carbocycles. The average molecular weight is 427 g/mol. The fourth-order valence-electron chi connectivity index (χ4n) is 3.90. The van der Waals surface area contributed by atoms with Crippen molar-refractivity contribution in [1.82, 2.24) is 10.3 Å². The number of aromatic nitrogens is 1. The van der Waals surface area contributed by atoms with Crippen molar-refractivity contribution in [1.29, 1.82) is 0 Å². The van der Waals surface area contributed by atoms with Crippen LogP contribution in [0.4, 0.5) is 0 Å². The second kappa shape index (κ2) is 9.81. The third-order valence-electron chi connectivity index (χ3n) is 5.89. The van der Waals surface area contributed by atoms with Crippen LogP contribution >= 0.6 is 0 Å². The van der Waals surface area contributed by atoms with Gasteiger partial charge in [0, 0.05) is 18.7 Å². The SMILES string of the molecule is COc1ncc(C(=O)NC2(C(=O)O)CCC(C)CC2)cc1OCCc1cccc(C)c1. The normalized spacial score (nSPS) is 20.7. The maximum atomic E-state index is 12.9. The number of pyridine rings is 1. The lowest BCUT2D eigenvalue weighted by Crippen LogP contribution is -2.56. The Hall–Kier alpha value is -3.09. The molecule has 7 heteroatoms. The zero-order valence-electron chi connectivity index (χ0n) is 18.3. The van der Waals surface area contributed by atoms with Crippen LogP contribution in [0.3, 0.4) is 0 Å². The third-order valence-corrected chi connectivity index (χ3v) is 5.89. The minimum atomic E-state index is -1.24. The Bertz CT molecular complexity index is 935. The Kier molecular flexibility index (Phi) is 7.15. The van der Waals surface area contributed by atoms with E-state index in [1.165, 1.54) is 18.9 Å². The maximum absolute atomic E-state index is 12.9. The van der Waals surface area contributed by atoms with E-state index in [4.69, 9.17) is 9.47 Å². The molecule has 166 valence electrons. The van der Waals surface area contributed by atoms with Crippen LogP contribution in [0.25, 0.3) is 0 Å². The molecule has 1 aliphatic carbocycles. The van der Waals surface area contributed by atoms with Crippen LogP contribution in [0.5, 0.6) is 11.6 Å². The highest BCUT2D eigenvalue weighted by atomic mass is 16.5. The summed E-state index contributed by atoms with van der Waals surface area (Å²) in [5, 5.41) is 12.5. The maximum Gasteiger partial charge on any atom is 0.329 e. The molecule has 0 radical (unpaired) electrons. The number of methoxy groups -OCH3 is 1. The van der Waals surface area contributed by atoms with E-state index in [0.717, 1.165) is 18.4 Å². The molecule has 2 N–H and O–H groups in total. The smallest absolute Gasteiger partial charge is 0.329 e. The van der Waals surface area contributed by atoms with Gasteiger partial charge in [-0.05, 0) is 44.1 Å². The average Bonchev–Trinajstić information content (AvgIpc) is 2.75. The summed E-state index contributed by atoms with van der Waals surface area (Å²) in [5.41, 5.74) is 1.33. The number of ether oxygens (including phenoxy) is 2. The van der Waals surface area contributed by atoms with Crippen LogP contribution in [0.1, 0.15) is 54.1 Å². The van der Waals surface area contributed by atoms with E-state index < -0.39 is 17.4 Å². The second-order valence-electron chi connectivity index (χ2n) is 8.34. The molecule has 3 rings (SSSR count). The largest absolute Gasteiger partial charge is 0.488 e. The number of rotatable bonds is 8. The van der Waals surface area contributed by atoms with E-state index in [2.05, 4.69) is 23.3 Å². The number of aliphatic carboxylic acids is 1. The van der Waals surface area contributed by atoms with Crippen molar-refractivity contribution in [3.8, 4) is 11.6 Å². The lowest BCUT2D eigenvalue weighted by molar-refractivity contribution is -0.146. The molecule has 1 fully saturated rings. The lowest BCUT2D eigenvalue weighted by atomic mass is 9.77. The van der Waals surface area contributed by atoms with Gasteiger partial charge >= 0.3 is 5.97 Å². The molecule has 1 aromatic carbocycles. The van der Waals surface area contributed by atoms with E-state index in [1.807, 2.05) is 25.1 Å². The number of carboxylic acids is 1. The summed E-state index contributed by atoms with van der Waals surface area (Å²) in [6, 6.07) is 9.72. The first kappa shape index (κ1) is 22.6. The monoisotopic (exact) mass is 426 g/mol. The Morgan fingerprint density at radius 3 is 2.65 bits per heavy atom. The van der Waals surface area contributed by atoms with Gasteiger partial charge in [0.05, 0.1) is 19.3 Å². The zero-order chi connectivity index (χ0) is 22.4. The topological polar surface area (TPSA) is 97.8 Å². The van der Waals surface area contributed by atoms with E-state index >= 15 is 0 Å². The molecule has 0 saturated heterocycles. The number of hydrogen-bond acceptors (Lipinski definition) is 5. The fourth-order valence-corrected chi connectivity index (χ4v) is 3.90. The molecule has 0 bridgehead atoms. The van der Waals surface area contributed by atoms with Crippen molar-refractivity contribution >= 4 is 11.9 Å². The fraction of sp³-hybridized carbons (Fsp3) is 0.458. The van der Waals surface area contributed by atoms with Gasteiger partial charge in [-0.2, -0.15) is 0 Å². The highest BCUT2D eigenvalue weighted by molar-refractivity contribution is 5.98. The summed E-state index contributed by atoms with van der Waals surface area (Å²) in [6.45, 7) is 4.53.